The van der Waals surface area contributed by atoms with Crippen LogP contribution in [-0.4, -0.2) is 27.1 Å². The topological polar surface area (TPSA) is 41.6 Å². The summed E-state index contributed by atoms with van der Waals surface area (Å²) >= 11 is 0. The van der Waals surface area contributed by atoms with Crippen molar-refractivity contribution in [3.05, 3.63) is 59.7 Å². The van der Waals surface area contributed by atoms with Crippen LogP contribution >= 0.6 is 0 Å². The maximum absolute atomic E-state index is 12.1. The van der Waals surface area contributed by atoms with E-state index in [4.69, 9.17) is 4.74 Å². The van der Waals surface area contributed by atoms with Gasteiger partial charge in [-0.05, 0) is 42.0 Å². The number of ether oxygens (including phenoxy) is 1. The molecule has 2 rings (SSSR count). The molecule has 1 amide bonds. The molecule has 0 aliphatic carbocycles. The Hall–Kier alpha value is -2.49. The zero-order chi connectivity index (χ0) is 15.2. The molecule has 0 spiro atoms. The number of anilines is 1. The molecule has 0 aliphatic rings. The first-order valence-corrected chi connectivity index (χ1v) is 6.78. The summed E-state index contributed by atoms with van der Waals surface area (Å²) in [5.74, 6) is 0.737. The molecule has 0 saturated carbocycles. The van der Waals surface area contributed by atoms with Crippen molar-refractivity contribution in [1.82, 2.24) is 5.32 Å². The van der Waals surface area contributed by atoms with Gasteiger partial charge in [0.05, 0.1) is 7.11 Å². The number of hydrogen-bond acceptors (Lipinski definition) is 3. The third kappa shape index (κ3) is 3.99. The Kier molecular flexibility index (Phi) is 4.82. The second-order valence-electron chi connectivity index (χ2n) is 4.97. The number of methoxy groups -OCH3 is 1. The zero-order valence-electron chi connectivity index (χ0n) is 12.6. The molecule has 0 atom stereocenters. The van der Waals surface area contributed by atoms with Crippen LogP contribution in [-0.2, 0) is 6.54 Å². The van der Waals surface area contributed by atoms with Crippen LogP contribution in [0.25, 0.3) is 0 Å². The van der Waals surface area contributed by atoms with E-state index < -0.39 is 0 Å². The number of hydrogen-bond donors (Lipinski definition) is 1. The maximum Gasteiger partial charge on any atom is 0.251 e. The van der Waals surface area contributed by atoms with Gasteiger partial charge in [-0.15, -0.1) is 0 Å². The van der Waals surface area contributed by atoms with Gasteiger partial charge in [-0.2, -0.15) is 0 Å². The molecule has 0 unspecified atom stereocenters. The highest BCUT2D eigenvalue weighted by atomic mass is 16.5. The second-order valence-corrected chi connectivity index (χ2v) is 4.97. The van der Waals surface area contributed by atoms with Gasteiger partial charge in [0.2, 0.25) is 0 Å². The Morgan fingerprint density at radius 2 is 1.67 bits per heavy atom. The maximum atomic E-state index is 12.1. The van der Waals surface area contributed by atoms with E-state index in [-0.39, 0.29) is 5.91 Å². The summed E-state index contributed by atoms with van der Waals surface area (Å²) in [6, 6.07) is 15.2. The number of carbonyl (C=O) groups is 1. The minimum Gasteiger partial charge on any atom is -0.497 e. The van der Waals surface area contributed by atoms with Crippen molar-refractivity contribution >= 4 is 11.6 Å². The van der Waals surface area contributed by atoms with Crippen LogP contribution in [0.2, 0.25) is 0 Å². The van der Waals surface area contributed by atoms with Crippen LogP contribution in [0.1, 0.15) is 15.9 Å². The summed E-state index contributed by atoms with van der Waals surface area (Å²) < 4.78 is 5.10. The zero-order valence-corrected chi connectivity index (χ0v) is 12.6. The second kappa shape index (κ2) is 6.79. The summed E-state index contributed by atoms with van der Waals surface area (Å²) in [7, 11) is 5.58. The fourth-order valence-electron chi connectivity index (χ4n) is 1.94. The van der Waals surface area contributed by atoms with E-state index in [0.717, 1.165) is 17.0 Å². The molecule has 0 aromatic heterocycles. The SMILES string of the molecule is COc1ccc(CNC(=O)c2ccc(N(C)C)cc2)cc1. The summed E-state index contributed by atoms with van der Waals surface area (Å²) in [5.41, 5.74) is 2.77. The van der Waals surface area contributed by atoms with Crippen LogP contribution in [0.5, 0.6) is 5.75 Å². The average molecular weight is 284 g/mol. The molecular weight excluding hydrogens is 264 g/mol. The van der Waals surface area contributed by atoms with E-state index in [1.54, 1.807) is 7.11 Å². The third-order valence-electron chi connectivity index (χ3n) is 3.26. The van der Waals surface area contributed by atoms with Crippen molar-refractivity contribution < 1.29 is 9.53 Å². The minimum atomic E-state index is -0.0730. The Balaban J connectivity index is 1.94. The smallest absolute Gasteiger partial charge is 0.251 e. The molecule has 4 heteroatoms. The van der Waals surface area contributed by atoms with E-state index in [1.807, 2.05) is 67.5 Å². The molecule has 2 aromatic rings. The normalized spacial score (nSPS) is 10.0. The molecule has 0 saturated heterocycles. The minimum absolute atomic E-state index is 0.0730. The fourth-order valence-corrected chi connectivity index (χ4v) is 1.94. The van der Waals surface area contributed by atoms with Crippen molar-refractivity contribution in [3.8, 4) is 5.75 Å². The fraction of sp³-hybridized carbons (Fsp3) is 0.235. The van der Waals surface area contributed by atoms with Crippen LogP contribution in [0.4, 0.5) is 5.69 Å². The monoisotopic (exact) mass is 284 g/mol. The molecule has 110 valence electrons. The summed E-state index contributed by atoms with van der Waals surface area (Å²) in [6.07, 6.45) is 0. The molecular formula is C17H20N2O2. The first-order valence-electron chi connectivity index (χ1n) is 6.78. The van der Waals surface area contributed by atoms with Crippen LogP contribution in [0, 0.1) is 0 Å². The molecule has 1 N–H and O–H groups in total. The molecule has 0 aliphatic heterocycles. The van der Waals surface area contributed by atoms with Crippen molar-refractivity contribution in [2.24, 2.45) is 0 Å². The number of amides is 1. The van der Waals surface area contributed by atoms with E-state index in [9.17, 15) is 4.79 Å². The van der Waals surface area contributed by atoms with Crippen molar-refractivity contribution in [1.29, 1.82) is 0 Å². The summed E-state index contributed by atoms with van der Waals surface area (Å²) in [5, 5.41) is 2.91. The number of nitrogens with one attached hydrogen (secondary N) is 1. The van der Waals surface area contributed by atoms with Crippen molar-refractivity contribution in [3.63, 3.8) is 0 Å². The van der Waals surface area contributed by atoms with Gasteiger partial charge in [-0.25, -0.2) is 0 Å². The number of rotatable bonds is 5. The lowest BCUT2D eigenvalue weighted by molar-refractivity contribution is 0.0951. The van der Waals surface area contributed by atoms with E-state index in [0.29, 0.717) is 12.1 Å². The first kappa shape index (κ1) is 14.9. The molecule has 21 heavy (non-hydrogen) atoms. The summed E-state index contributed by atoms with van der Waals surface area (Å²) in [6.45, 7) is 0.498. The van der Waals surface area contributed by atoms with E-state index in [2.05, 4.69) is 5.32 Å². The van der Waals surface area contributed by atoms with Gasteiger partial charge in [0.15, 0.2) is 0 Å². The van der Waals surface area contributed by atoms with Crippen LogP contribution < -0.4 is 15.0 Å². The lowest BCUT2D eigenvalue weighted by Crippen LogP contribution is -2.22. The Bertz CT molecular complexity index is 589. The van der Waals surface area contributed by atoms with Gasteiger partial charge in [-0.3, -0.25) is 4.79 Å². The van der Waals surface area contributed by atoms with Gasteiger partial charge in [0.1, 0.15) is 5.75 Å². The largest absolute Gasteiger partial charge is 0.497 e. The van der Waals surface area contributed by atoms with Gasteiger partial charge < -0.3 is 15.0 Å². The Morgan fingerprint density at radius 1 is 1.05 bits per heavy atom. The highest BCUT2D eigenvalue weighted by molar-refractivity contribution is 5.94. The van der Waals surface area contributed by atoms with E-state index in [1.165, 1.54) is 0 Å². The molecule has 2 aromatic carbocycles. The predicted molar refractivity (Wildman–Crippen MR) is 84.9 cm³/mol. The lowest BCUT2D eigenvalue weighted by atomic mass is 10.1. The Morgan fingerprint density at radius 3 is 2.19 bits per heavy atom. The Labute approximate surface area is 125 Å². The van der Waals surface area contributed by atoms with Crippen LogP contribution in [0.15, 0.2) is 48.5 Å². The molecule has 0 heterocycles. The van der Waals surface area contributed by atoms with Crippen molar-refractivity contribution in [2.75, 3.05) is 26.1 Å². The molecule has 0 radical (unpaired) electrons. The van der Waals surface area contributed by atoms with Crippen LogP contribution in [0.3, 0.4) is 0 Å². The third-order valence-corrected chi connectivity index (χ3v) is 3.26. The van der Waals surface area contributed by atoms with Gasteiger partial charge in [0, 0.05) is 31.9 Å². The van der Waals surface area contributed by atoms with Gasteiger partial charge >= 0.3 is 0 Å². The molecule has 0 fully saturated rings. The van der Waals surface area contributed by atoms with Gasteiger partial charge in [0.25, 0.3) is 5.91 Å². The predicted octanol–water partition coefficient (Wildman–Crippen LogP) is 2.69. The first-order chi connectivity index (χ1) is 10.1. The number of benzene rings is 2. The van der Waals surface area contributed by atoms with E-state index >= 15 is 0 Å². The number of nitrogens with zero attached hydrogens (tertiary/aromatic N) is 1. The highest BCUT2D eigenvalue weighted by Gasteiger charge is 2.05. The lowest BCUT2D eigenvalue weighted by Gasteiger charge is -2.12. The van der Waals surface area contributed by atoms with Crippen molar-refractivity contribution in [2.45, 2.75) is 6.54 Å². The quantitative estimate of drug-likeness (QED) is 0.918. The molecule has 0 bridgehead atoms. The van der Waals surface area contributed by atoms with Gasteiger partial charge in [-0.1, -0.05) is 12.1 Å². The molecule has 4 nitrogen and oxygen atoms in total. The average Bonchev–Trinajstić information content (AvgIpc) is 2.53. The standard InChI is InChI=1S/C17H20N2O2/c1-19(2)15-8-6-14(7-9-15)17(20)18-12-13-4-10-16(21-3)11-5-13/h4-11H,12H2,1-3H3,(H,18,20). The number of carbonyl (C=O) groups excluding carboxylic acids is 1. The highest BCUT2D eigenvalue weighted by Crippen LogP contribution is 2.13. The summed E-state index contributed by atoms with van der Waals surface area (Å²) in [4.78, 5) is 14.1.